The Bertz CT molecular complexity index is 379. The lowest BCUT2D eigenvalue weighted by Crippen LogP contribution is -2.24. The molecule has 98 valence electrons. The van der Waals surface area contributed by atoms with E-state index in [0.717, 1.165) is 38.0 Å². The molecule has 4 heteroatoms. The van der Waals surface area contributed by atoms with Gasteiger partial charge in [-0.3, -0.25) is 0 Å². The summed E-state index contributed by atoms with van der Waals surface area (Å²) in [5.41, 5.74) is 1.43. The quantitative estimate of drug-likeness (QED) is 0.869. The molecule has 0 aliphatic carbocycles. The van der Waals surface area contributed by atoms with Crippen molar-refractivity contribution in [2.45, 2.75) is 25.4 Å². The Labute approximate surface area is 107 Å². The largest absolute Gasteiger partial charge is 0.478 e. The number of ether oxygens (including phenoxy) is 2. The Morgan fingerprint density at radius 3 is 2.56 bits per heavy atom. The van der Waals surface area contributed by atoms with Gasteiger partial charge in [0.05, 0.1) is 18.3 Å². The van der Waals surface area contributed by atoms with E-state index in [1.807, 2.05) is 12.1 Å². The highest BCUT2D eigenvalue weighted by Crippen LogP contribution is 2.12. The number of carbonyl (C=O) groups is 1. The smallest absolute Gasteiger partial charge is 0.335 e. The minimum Gasteiger partial charge on any atom is -0.478 e. The summed E-state index contributed by atoms with van der Waals surface area (Å²) in [7, 11) is 0. The molecule has 0 amide bonds. The van der Waals surface area contributed by atoms with Gasteiger partial charge in [-0.1, -0.05) is 12.1 Å². The van der Waals surface area contributed by atoms with Gasteiger partial charge in [0.25, 0.3) is 0 Å². The second-order valence-corrected chi connectivity index (χ2v) is 4.43. The van der Waals surface area contributed by atoms with Gasteiger partial charge in [-0.25, -0.2) is 4.79 Å². The molecule has 2 rings (SSSR count). The molecule has 1 aromatic carbocycles. The Hall–Kier alpha value is -1.39. The lowest BCUT2D eigenvalue weighted by molar-refractivity contribution is -0.0307. The molecular formula is C14H18O4. The van der Waals surface area contributed by atoms with E-state index in [-0.39, 0.29) is 0 Å². The number of benzene rings is 1. The normalized spacial score (nSPS) is 16.7. The van der Waals surface area contributed by atoms with Gasteiger partial charge >= 0.3 is 5.97 Å². The van der Waals surface area contributed by atoms with Crippen LogP contribution in [0.4, 0.5) is 0 Å². The van der Waals surface area contributed by atoms with Gasteiger partial charge in [0.2, 0.25) is 0 Å². The van der Waals surface area contributed by atoms with Crippen molar-refractivity contribution in [3.8, 4) is 0 Å². The number of aromatic carboxylic acids is 1. The van der Waals surface area contributed by atoms with Crippen molar-refractivity contribution in [3.05, 3.63) is 35.4 Å². The minimum absolute atomic E-state index is 0.317. The monoisotopic (exact) mass is 250 g/mol. The van der Waals surface area contributed by atoms with Crippen LogP contribution < -0.4 is 0 Å². The number of carboxylic acids is 1. The van der Waals surface area contributed by atoms with Crippen molar-refractivity contribution < 1.29 is 19.4 Å². The highest BCUT2D eigenvalue weighted by atomic mass is 16.5. The number of carboxylic acid groups (broad SMARTS) is 1. The van der Waals surface area contributed by atoms with E-state index in [1.165, 1.54) is 0 Å². The maximum absolute atomic E-state index is 10.7. The van der Waals surface area contributed by atoms with Crippen LogP contribution in [0.25, 0.3) is 0 Å². The Kier molecular flexibility index (Phi) is 4.73. The van der Waals surface area contributed by atoms with Crippen LogP contribution in [-0.2, 0) is 15.9 Å². The molecule has 0 radical (unpaired) electrons. The lowest BCUT2D eigenvalue weighted by atomic mass is 10.1. The Balaban J connectivity index is 1.74. The fourth-order valence-electron chi connectivity index (χ4n) is 2.00. The number of hydrogen-bond acceptors (Lipinski definition) is 3. The SMILES string of the molecule is O=C(O)c1ccc(CCOC2CCOCC2)cc1. The predicted octanol–water partition coefficient (Wildman–Crippen LogP) is 2.12. The van der Waals surface area contributed by atoms with Gasteiger partial charge in [0.1, 0.15) is 0 Å². The molecule has 1 heterocycles. The Morgan fingerprint density at radius 1 is 1.28 bits per heavy atom. The molecule has 0 spiro atoms. The van der Waals surface area contributed by atoms with E-state index in [9.17, 15) is 4.79 Å². The van der Waals surface area contributed by atoms with E-state index < -0.39 is 5.97 Å². The third-order valence-corrected chi connectivity index (χ3v) is 3.11. The summed E-state index contributed by atoms with van der Waals surface area (Å²) in [4.78, 5) is 10.7. The van der Waals surface area contributed by atoms with Crippen LogP contribution in [0.3, 0.4) is 0 Å². The second kappa shape index (κ2) is 6.52. The van der Waals surface area contributed by atoms with Crippen molar-refractivity contribution >= 4 is 5.97 Å². The van der Waals surface area contributed by atoms with Crippen LogP contribution in [-0.4, -0.2) is 37.0 Å². The van der Waals surface area contributed by atoms with Gasteiger partial charge in [0, 0.05) is 13.2 Å². The zero-order chi connectivity index (χ0) is 12.8. The van der Waals surface area contributed by atoms with Gasteiger partial charge in [-0.15, -0.1) is 0 Å². The molecule has 1 saturated heterocycles. The maximum atomic E-state index is 10.7. The lowest BCUT2D eigenvalue weighted by Gasteiger charge is -2.22. The average Bonchev–Trinajstić information content (AvgIpc) is 2.40. The van der Waals surface area contributed by atoms with Crippen LogP contribution in [0.1, 0.15) is 28.8 Å². The van der Waals surface area contributed by atoms with E-state index in [2.05, 4.69) is 0 Å². The van der Waals surface area contributed by atoms with Crippen LogP contribution in [0.15, 0.2) is 24.3 Å². The molecule has 4 nitrogen and oxygen atoms in total. The maximum Gasteiger partial charge on any atom is 0.335 e. The van der Waals surface area contributed by atoms with E-state index in [4.69, 9.17) is 14.6 Å². The number of hydrogen-bond donors (Lipinski definition) is 1. The summed E-state index contributed by atoms with van der Waals surface area (Å²) in [5.74, 6) is -0.889. The highest BCUT2D eigenvalue weighted by molar-refractivity contribution is 5.87. The van der Waals surface area contributed by atoms with Crippen molar-refractivity contribution in [2.75, 3.05) is 19.8 Å². The summed E-state index contributed by atoms with van der Waals surface area (Å²) in [6.45, 7) is 2.26. The molecule has 1 aromatic rings. The molecule has 18 heavy (non-hydrogen) atoms. The third-order valence-electron chi connectivity index (χ3n) is 3.11. The van der Waals surface area contributed by atoms with Crippen LogP contribution in [0.2, 0.25) is 0 Å². The van der Waals surface area contributed by atoms with E-state index >= 15 is 0 Å². The summed E-state index contributed by atoms with van der Waals surface area (Å²) < 4.78 is 11.0. The van der Waals surface area contributed by atoms with Gasteiger partial charge in [-0.2, -0.15) is 0 Å². The molecule has 1 N–H and O–H groups in total. The molecule has 0 aromatic heterocycles. The summed E-state index contributed by atoms with van der Waals surface area (Å²) in [5, 5.41) is 8.79. The topological polar surface area (TPSA) is 55.8 Å². The van der Waals surface area contributed by atoms with Crippen molar-refractivity contribution in [1.29, 1.82) is 0 Å². The van der Waals surface area contributed by atoms with Crippen molar-refractivity contribution in [1.82, 2.24) is 0 Å². The first kappa shape index (κ1) is 13.1. The zero-order valence-corrected chi connectivity index (χ0v) is 10.3. The zero-order valence-electron chi connectivity index (χ0n) is 10.3. The van der Waals surface area contributed by atoms with Crippen LogP contribution in [0, 0.1) is 0 Å². The van der Waals surface area contributed by atoms with Crippen molar-refractivity contribution in [3.63, 3.8) is 0 Å². The summed E-state index contributed by atoms with van der Waals surface area (Å²) in [6, 6.07) is 6.95. The average molecular weight is 250 g/mol. The van der Waals surface area contributed by atoms with E-state index in [0.29, 0.717) is 18.3 Å². The minimum atomic E-state index is -0.889. The molecule has 1 fully saturated rings. The Morgan fingerprint density at radius 2 is 1.94 bits per heavy atom. The van der Waals surface area contributed by atoms with Crippen LogP contribution in [0.5, 0.6) is 0 Å². The van der Waals surface area contributed by atoms with Crippen LogP contribution >= 0.6 is 0 Å². The summed E-state index contributed by atoms with van der Waals surface area (Å²) in [6.07, 6.45) is 3.07. The first-order valence-corrected chi connectivity index (χ1v) is 6.27. The van der Waals surface area contributed by atoms with E-state index in [1.54, 1.807) is 12.1 Å². The molecule has 1 aliphatic rings. The number of rotatable bonds is 5. The predicted molar refractivity (Wildman–Crippen MR) is 66.9 cm³/mol. The van der Waals surface area contributed by atoms with Gasteiger partial charge < -0.3 is 14.6 Å². The first-order valence-electron chi connectivity index (χ1n) is 6.27. The van der Waals surface area contributed by atoms with Gasteiger partial charge in [0.15, 0.2) is 0 Å². The fourth-order valence-corrected chi connectivity index (χ4v) is 2.00. The molecule has 0 bridgehead atoms. The molecule has 0 atom stereocenters. The third kappa shape index (κ3) is 3.82. The summed E-state index contributed by atoms with van der Waals surface area (Å²) >= 11 is 0. The first-order chi connectivity index (χ1) is 8.75. The fraction of sp³-hybridized carbons (Fsp3) is 0.500. The second-order valence-electron chi connectivity index (χ2n) is 4.43. The molecule has 0 saturated carbocycles. The molecular weight excluding hydrogens is 232 g/mol. The van der Waals surface area contributed by atoms with Gasteiger partial charge in [-0.05, 0) is 37.0 Å². The van der Waals surface area contributed by atoms with Crippen molar-refractivity contribution in [2.24, 2.45) is 0 Å². The molecule has 1 aliphatic heterocycles. The standard InChI is InChI=1S/C14H18O4/c15-14(16)12-3-1-11(2-4-12)5-10-18-13-6-8-17-9-7-13/h1-4,13H,5-10H2,(H,15,16). The highest BCUT2D eigenvalue weighted by Gasteiger charge is 2.13. The molecule has 0 unspecified atom stereocenters.